The second kappa shape index (κ2) is 7.08. The molecule has 2 rings (SSSR count). The Balaban J connectivity index is 2.19. The molecular weight excluding hydrogens is 262 g/mol. The third-order valence-corrected chi connectivity index (χ3v) is 4.11. The molecule has 1 heterocycles. The normalized spacial score (nSPS) is 23.0. The van der Waals surface area contributed by atoms with Crippen molar-refractivity contribution in [2.45, 2.75) is 40.7 Å². The number of Topliss-reactive ketones (excluding diaryl/α,β-unsaturated/α-hetero) is 1. The fourth-order valence-corrected chi connectivity index (χ4v) is 3.38. The van der Waals surface area contributed by atoms with Gasteiger partial charge in [0.15, 0.2) is 5.78 Å². The molecule has 2 atom stereocenters. The zero-order valence-corrected chi connectivity index (χ0v) is 13.7. The quantitative estimate of drug-likeness (QED) is 0.773. The van der Waals surface area contributed by atoms with Crippen LogP contribution in [0.15, 0.2) is 18.2 Å². The summed E-state index contributed by atoms with van der Waals surface area (Å²) >= 11 is 0. The van der Waals surface area contributed by atoms with Gasteiger partial charge < -0.3 is 4.74 Å². The molecule has 0 amide bonds. The van der Waals surface area contributed by atoms with Gasteiger partial charge in [-0.05, 0) is 50.3 Å². The standard InChI is InChI=1S/C18H27NO2/c1-5-21-18-7-6-16(15(4)20)9-17(18)12-19-10-13(2)8-14(3)11-19/h6-7,9,13-14H,5,8,10-12H2,1-4H3. The van der Waals surface area contributed by atoms with Crippen LogP contribution < -0.4 is 4.74 Å². The Kier molecular flexibility index (Phi) is 5.40. The van der Waals surface area contributed by atoms with Crippen molar-refractivity contribution in [2.24, 2.45) is 11.8 Å². The van der Waals surface area contributed by atoms with Crippen LogP contribution in [0.4, 0.5) is 0 Å². The SMILES string of the molecule is CCOc1ccc(C(C)=O)cc1CN1CC(C)CC(C)C1. The predicted octanol–water partition coefficient (Wildman–Crippen LogP) is 3.77. The molecule has 1 saturated heterocycles. The van der Waals surface area contributed by atoms with E-state index in [1.165, 1.54) is 6.42 Å². The summed E-state index contributed by atoms with van der Waals surface area (Å²) in [6, 6.07) is 5.79. The van der Waals surface area contributed by atoms with Crippen molar-refractivity contribution >= 4 is 5.78 Å². The van der Waals surface area contributed by atoms with Crippen molar-refractivity contribution in [3.05, 3.63) is 29.3 Å². The monoisotopic (exact) mass is 289 g/mol. The van der Waals surface area contributed by atoms with Crippen LogP contribution in [-0.2, 0) is 6.54 Å². The van der Waals surface area contributed by atoms with Crippen molar-refractivity contribution in [3.63, 3.8) is 0 Å². The zero-order valence-electron chi connectivity index (χ0n) is 13.7. The summed E-state index contributed by atoms with van der Waals surface area (Å²) in [6.45, 7) is 12.0. The zero-order chi connectivity index (χ0) is 15.4. The summed E-state index contributed by atoms with van der Waals surface area (Å²) in [4.78, 5) is 14.1. The number of benzene rings is 1. The summed E-state index contributed by atoms with van der Waals surface area (Å²) in [5, 5.41) is 0. The number of hydrogen-bond donors (Lipinski definition) is 0. The van der Waals surface area contributed by atoms with Crippen molar-refractivity contribution in [2.75, 3.05) is 19.7 Å². The number of piperidine rings is 1. The minimum atomic E-state index is 0.111. The number of nitrogens with zero attached hydrogens (tertiary/aromatic N) is 1. The molecule has 0 bridgehead atoms. The third-order valence-electron chi connectivity index (χ3n) is 4.11. The average Bonchev–Trinajstić information content (AvgIpc) is 2.39. The average molecular weight is 289 g/mol. The van der Waals surface area contributed by atoms with E-state index in [0.717, 1.165) is 48.3 Å². The second-order valence-corrected chi connectivity index (χ2v) is 6.45. The lowest BCUT2D eigenvalue weighted by atomic mass is 9.91. The van der Waals surface area contributed by atoms with Gasteiger partial charge in [-0.2, -0.15) is 0 Å². The van der Waals surface area contributed by atoms with Gasteiger partial charge in [0.1, 0.15) is 5.75 Å². The lowest BCUT2D eigenvalue weighted by molar-refractivity contribution is 0.101. The number of rotatable bonds is 5. The Morgan fingerprint density at radius 3 is 2.52 bits per heavy atom. The molecule has 1 aliphatic heterocycles. The minimum absolute atomic E-state index is 0.111. The van der Waals surface area contributed by atoms with Crippen LogP contribution in [0.5, 0.6) is 5.75 Å². The maximum Gasteiger partial charge on any atom is 0.159 e. The largest absolute Gasteiger partial charge is 0.494 e. The molecule has 0 radical (unpaired) electrons. The molecular formula is C18H27NO2. The summed E-state index contributed by atoms with van der Waals surface area (Å²) < 4.78 is 5.73. The highest BCUT2D eigenvalue weighted by Gasteiger charge is 2.22. The van der Waals surface area contributed by atoms with Crippen LogP contribution in [0.1, 0.15) is 50.0 Å². The molecule has 1 aliphatic rings. The molecule has 116 valence electrons. The lowest BCUT2D eigenvalue weighted by Crippen LogP contribution is -2.38. The maximum atomic E-state index is 11.6. The van der Waals surface area contributed by atoms with E-state index in [2.05, 4.69) is 18.7 Å². The first-order chi connectivity index (χ1) is 9.99. The first-order valence-electron chi connectivity index (χ1n) is 7.98. The topological polar surface area (TPSA) is 29.5 Å². The van der Waals surface area contributed by atoms with Crippen LogP contribution in [0.2, 0.25) is 0 Å². The predicted molar refractivity (Wildman–Crippen MR) is 85.8 cm³/mol. The van der Waals surface area contributed by atoms with Gasteiger partial charge in [-0.3, -0.25) is 9.69 Å². The van der Waals surface area contributed by atoms with Crippen molar-refractivity contribution in [3.8, 4) is 5.75 Å². The van der Waals surface area contributed by atoms with E-state index >= 15 is 0 Å². The summed E-state index contributed by atoms with van der Waals surface area (Å²) in [5.41, 5.74) is 1.90. The van der Waals surface area contributed by atoms with Gasteiger partial charge in [-0.15, -0.1) is 0 Å². The number of carbonyl (C=O) groups excluding carboxylic acids is 1. The molecule has 3 nitrogen and oxygen atoms in total. The number of hydrogen-bond acceptors (Lipinski definition) is 3. The van der Waals surface area contributed by atoms with E-state index in [9.17, 15) is 4.79 Å². The van der Waals surface area contributed by atoms with E-state index in [1.807, 2.05) is 25.1 Å². The number of ketones is 1. The van der Waals surface area contributed by atoms with Crippen LogP contribution in [0.3, 0.4) is 0 Å². The van der Waals surface area contributed by atoms with Crippen molar-refractivity contribution in [1.82, 2.24) is 4.90 Å². The fraction of sp³-hybridized carbons (Fsp3) is 0.611. The molecule has 1 fully saturated rings. The first-order valence-corrected chi connectivity index (χ1v) is 7.98. The van der Waals surface area contributed by atoms with Gasteiger partial charge in [0.2, 0.25) is 0 Å². The molecule has 1 aromatic rings. The minimum Gasteiger partial charge on any atom is -0.494 e. The fourth-order valence-electron chi connectivity index (χ4n) is 3.38. The van der Waals surface area contributed by atoms with E-state index in [0.29, 0.717) is 6.61 Å². The highest BCUT2D eigenvalue weighted by atomic mass is 16.5. The lowest BCUT2D eigenvalue weighted by Gasteiger charge is -2.35. The van der Waals surface area contributed by atoms with Gasteiger partial charge in [-0.25, -0.2) is 0 Å². The molecule has 1 aromatic carbocycles. The smallest absolute Gasteiger partial charge is 0.159 e. The molecule has 0 N–H and O–H groups in total. The number of carbonyl (C=O) groups is 1. The van der Waals surface area contributed by atoms with Gasteiger partial charge in [0.05, 0.1) is 6.61 Å². The third kappa shape index (κ3) is 4.31. The van der Waals surface area contributed by atoms with Gasteiger partial charge in [0.25, 0.3) is 0 Å². The molecule has 21 heavy (non-hydrogen) atoms. The second-order valence-electron chi connectivity index (χ2n) is 6.45. The molecule has 0 saturated carbocycles. The molecule has 3 heteroatoms. The highest BCUT2D eigenvalue weighted by molar-refractivity contribution is 5.94. The summed E-state index contributed by atoms with van der Waals surface area (Å²) in [6.07, 6.45) is 1.31. The molecule has 0 aliphatic carbocycles. The Labute approximate surface area is 128 Å². The Morgan fingerprint density at radius 1 is 1.29 bits per heavy atom. The van der Waals surface area contributed by atoms with Gasteiger partial charge in [0, 0.05) is 30.8 Å². The van der Waals surface area contributed by atoms with Gasteiger partial charge >= 0.3 is 0 Å². The first kappa shape index (κ1) is 16.0. The molecule has 0 spiro atoms. The van der Waals surface area contributed by atoms with E-state index in [1.54, 1.807) is 6.92 Å². The highest BCUT2D eigenvalue weighted by Crippen LogP contribution is 2.27. The summed E-state index contributed by atoms with van der Waals surface area (Å²) in [5.74, 6) is 2.49. The van der Waals surface area contributed by atoms with Crippen LogP contribution in [-0.4, -0.2) is 30.4 Å². The molecule has 2 unspecified atom stereocenters. The summed E-state index contributed by atoms with van der Waals surface area (Å²) in [7, 11) is 0. The number of ether oxygens (including phenoxy) is 1. The van der Waals surface area contributed by atoms with E-state index < -0.39 is 0 Å². The van der Waals surface area contributed by atoms with Crippen LogP contribution in [0.25, 0.3) is 0 Å². The maximum absolute atomic E-state index is 11.6. The number of likely N-dealkylation sites (tertiary alicyclic amines) is 1. The molecule has 0 aromatic heterocycles. The van der Waals surface area contributed by atoms with Crippen LogP contribution in [0, 0.1) is 11.8 Å². The van der Waals surface area contributed by atoms with Crippen LogP contribution >= 0.6 is 0 Å². The van der Waals surface area contributed by atoms with E-state index in [4.69, 9.17) is 4.74 Å². The Morgan fingerprint density at radius 2 is 1.95 bits per heavy atom. The van der Waals surface area contributed by atoms with Crippen molar-refractivity contribution < 1.29 is 9.53 Å². The Hall–Kier alpha value is -1.35. The van der Waals surface area contributed by atoms with Crippen molar-refractivity contribution in [1.29, 1.82) is 0 Å². The van der Waals surface area contributed by atoms with Gasteiger partial charge in [-0.1, -0.05) is 13.8 Å². The Bertz CT molecular complexity index is 488. The van der Waals surface area contributed by atoms with E-state index in [-0.39, 0.29) is 5.78 Å².